The molecule has 0 amide bonds. The van der Waals surface area contributed by atoms with Crippen molar-refractivity contribution in [2.45, 2.75) is 12.5 Å². The second kappa shape index (κ2) is 3.49. The van der Waals surface area contributed by atoms with Crippen LogP contribution in [0.1, 0.15) is 6.42 Å². The van der Waals surface area contributed by atoms with Crippen molar-refractivity contribution in [3.05, 3.63) is 18.6 Å². The second-order valence-corrected chi connectivity index (χ2v) is 2.80. The first-order valence-corrected chi connectivity index (χ1v) is 4.05. The van der Waals surface area contributed by atoms with E-state index in [1.54, 1.807) is 18.6 Å². The molecule has 1 aromatic heterocycles. The van der Waals surface area contributed by atoms with Gasteiger partial charge >= 0.3 is 0 Å². The van der Waals surface area contributed by atoms with E-state index in [1.165, 1.54) is 0 Å². The number of aromatic nitrogens is 2. The van der Waals surface area contributed by atoms with Crippen LogP contribution in [0.3, 0.4) is 0 Å². The molecule has 0 bridgehead atoms. The molecular formula is C8H11N3O. The van der Waals surface area contributed by atoms with Crippen LogP contribution < -0.4 is 5.32 Å². The van der Waals surface area contributed by atoms with Gasteiger partial charge in [-0.3, -0.25) is 4.98 Å². The van der Waals surface area contributed by atoms with Crippen molar-refractivity contribution in [1.82, 2.24) is 9.97 Å². The average Bonchev–Trinajstić information content (AvgIpc) is 2.59. The summed E-state index contributed by atoms with van der Waals surface area (Å²) in [5, 5.41) is 3.24. The minimum absolute atomic E-state index is 0.404. The van der Waals surface area contributed by atoms with Crippen molar-refractivity contribution in [3.8, 4) is 0 Å². The molecule has 64 valence electrons. The number of hydrogen-bond acceptors (Lipinski definition) is 4. The summed E-state index contributed by atoms with van der Waals surface area (Å²) in [5.41, 5.74) is 0. The monoisotopic (exact) mass is 165 g/mol. The van der Waals surface area contributed by atoms with Gasteiger partial charge in [0.25, 0.3) is 0 Å². The van der Waals surface area contributed by atoms with Crippen molar-refractivity contribution < 1.29 is 4.74 Å². The fraction of sp³-hybridized carbons (Fsp3) is 0.500. The van der Waals surface area contributed by atoms with Crippen LogP contribution in [0.2, 0.25) is 0 Å². The Morgan fingerprint density at radius 2 is 2.50 bits per heavy atom. The van der Waals surface area contributed by atoms with E-state index in [1.807, 2.05) is 0 Å². The van der Waals surface area contributed by atoms with Gasteiger partial charge in [-0.1, -0.05) is 0 Å². The molecule has 1 atom stereocenters. The highest BCUT2D eigenvalue weighted by Gasteiger charge is 2.14. The molecular weight excluding hydrogens is 154 g/mol. The van der Waals surface area contributed by atoms with Gasteiger partial charge in [-0.15, -0.1) is 0 Å². The fourth-order valence-electron chi connectivity index (χ4n) is 1.23. The Balaban J connectivity index is 1.94. The normalized spacial score (nSPS) is 22.5. The minimum atomic E-state index is 0.404. The Kier molecular flexibility index (Phi) is 2.18. The van der Waals surface area contributed by atoms with Crippen molar-refractivity contribution in [3.63, 3.8) is 0 Å². The highest BCUT2D eigenvalue weighted by atomic mass is 16.5. The fourth-order valence-corrected chi connectivity index (χ4v) is 1.23. The first-order chi connectivity index (χ1) is 5.95. The van der Waals surface area contributed by atoms with Crippen molar-refractivity contribution in [2.24, 2.45) is 0 Å². The van der Waals surface area contributed by atoms with E-state index in [-0.39, 0.29) is 0 Å². The SMILES string of the molecule is c1cnc(NC2CCOC2)cn1. The molecule has 1 fully saturated rings. The van der Waals surface area contributed by atoms with Gasteiger partial charge in [0.05, 0.1) is 18.8 Å². The number of ether oxygens (including phenoxy) is 1. The summed E-state index contributed by atoms with van der Waals surface area (Å²) in [6, 6.07) is 0.404. The average molecular weight is 165 g/mol. The maximum atomic E-state index is 5.22. The summed E-state index contributed by atoms with van der Waals surface area (Å²) in [6.45, 7) is 1.62. The zero-order chi connectivity index (χ0) is 8.23. The molecule has 1 aliphatic heterocycles. The molecule has 1 unspecified atom stereocenters. The molecule has 4 nitrogen and oxygen atoms in total. The van der Waals surface area contributed by atoms with E-state index in [9.17, 15) is 0 Å². The molecule has 0 saturated carbocycles. The lowest BCUT2D eigenvalue weighted by molar-refractivity contribution is 0.195. The molecule has 0 radical (unpaired) electrons. The lowest BCUT2D eigenvalue weighted by Crippen LogP contribution is -2.19. The number of anilines is 1. The summed E-state index contributed by atoms with van der Waals surface area (Å²) >= 11 is 0. The lowest BCUT2D eigenvalue weighted by atomic mass is 10.3. The number of rotatable bonds is 2. The van der Waals surface area contributed by atoms with Gasteiger partial charge < -0.3 is 10.1 Å². The first-order valence-electron chi connectivity index (χ1n) is 4.05. The Bertz CT molecular complexity index is 233. The van der Waals surface area contributed by atoms with E-state index in [0.717, 1.165) is 25.5 Å². The van der Waals surface area contributed by atoms with Crippen LogP contribution in [0.25, 0.3) is 0 Å². The van der Waals surface area contributed by atoms with Crippen molar-refractivity contribution in [2.75, 3.05) is 18.5 Å². The van der Waals surface area contributed by atoms with Crippen LogP contribution in [0, 0.1) is 0 Å². The number of hydrogen-bond donors (Lipinski definition) is 1. The van der Waals surface area contributed by atoms with Gasteiger partial charge in [-0.05, 0) is 6.42 Å². The van der Waals surface area contributed by atoms with Gasteiger partial charge in [0.15, 0.2) is 0 Å². The van der Waals surface area contributed by atoms with Crippen LogP contribution in [-0.2, 0) is 4.74 Å². The maximum absolute atomic E-state index is 5.22. The largest absolute Gasteiger partial charge is 0.379 e. The predicted molar refractivity (Wildman–Crippen MR) is 44.9 cm³/mol. The summed E-state index contributed by atoms with van der Waals surface area (Å²) < 4.78 is 5.22. The van der Waals surface area contributed by atoms with Crippen molar-refractivity contribution >= 4 is 5.82 Å². The molecule has 4 heteroatoms. The van der Waals surface area contributed by atoms with Crippen LogP contribution in [0.15, 0.2) is 18.6 Å². The van der Waals surface area contributed by atoms with E-state index in [2.05, 4.69) is 15.3 Å². The second-order valence-electron chi connectivity index (χ2n) is 2.80. The Hall–Kier alpha value is -1.16. The van der Waals surface area contributed by atoms with Gasteiger partial charge in [0.2, 0.25) is 0 Å². The van der Waals surface area contributed by atoms with E-state index < -0.39 is 0 Å². The molecule has 2 rings (SSSR count). The summed E-state index contributed by atoms with van der Waals surface area (Å²) in [6.07, 6.45) is 6.11. The smallest absolute Gasteiger partial charge is 0.144 e. The third-order valence-electron chi connectivity index (χ3n) is 1.84. The Morgan fingerprint density at radius 3 is 3.17 bits per heavy atom. The number of nitrogens with zero attached hydrogens (tertiary/aromatic N) is 2. The van der Waals surface area contributed by atoms with Gasteiger partial charge in [0, 0.05) is 19.0 Å². The van der Waals surface area contributed by atoms with Gasteiger partial charge in [0.1, 0.15) is 5.82 Å². The van der Waals surface area contributed by atoms with E-state index >= 15 is 0 Å². The highest BCUT2D eigenvalue weighted by molar-refractivity contribution is 5.31. The Morgan fingerprint density at radius 1 is 1.50 bits per heavy atom. The Labute approximate surface area is 71.0 Å². The molecule has 1 saturated heterocycles. The van der Waals surface area contributed by atoms with E-state index in [0.29, 0.717) is 6.04 Å². The van der Waals surface area contributed by atoms with Crippen LogP contribution >= 0.6 is 0 Å². The summed E-state index contributed by atoms with van der Waals surface area (Å²) in [7, 11) is 0. The number of nitrogens with one attached hydrogen (secondary N) is 1. The predicted octanol–water partition coefficient (Wildman–Crippen LogP) is 0.677. The summed E-state index contributed by atoms with van der Waals surface area (Å²) in [5.74, 6) is 0.827. The molecule has 1 N–H and O–H groups in total. The molecule has 1 aliphatic rings. The topological polar surface area (TPSA) is 47.0 Å². The van der Waals surface area contributed by atoms with Crippen LogP contribution in [0.5, 0.6) is 0 Å². The molecule has 0 spiro atoms. The van der Waals surface area contributed by atoms with Crippen LogP contribution in [-0.4, -0.2) is 29.2 Å². The van der Waals surface area contributed by atoms with Gasteiger partial charge in [-0.2, -0.15) is 0 Å². The zero-order valence-electron chi connectivity index (χ0n) is 6.73. The lowest BCUT2D eigenvalue weighted by Gasteiger charge is -2.09. The summed E-state index contributed by atoms with van der Waals surface area (Å²) in [4.78, 5) is 8.07. The molecule has 0 aromatic carbocycles. The van der Waals surface area contributed by atoms with E-state index in [4.69, 9.17) is 4.74 Å². The van der Waals surface area contributed by atoms with Gasteiger partial charge in [-0.25, -0.2) is 4.98 Å². The molecule has 2 heterocycles. The van der Waals surface area contributed by atoms with Crippen molar-refractivity contribution in [1.29, 1.82) is 0 Å². The third-order valence-corrected chi connectivity index (χ3v) is 1.84. The quantitative estimate of drug-likeness (QED) is 0.700. The van der Waals surface area contributed by atoms with Crippen LogP contribution in [0.4, 0.5) is 5.82 Å². The third kappa shape index (κ3) is 1.71. The first kappa shape index (κ1) is 7.49. The maximum Gasteiger partial charge on any atom is 0.144 e. The molecule has 0 aliphatic carbocycles. The molecule has 1 aromatic rings. The molecule has 12 heavy (non-hydrogen) atoms. The highest BCUT2D eigenvalue weighted by Crippen LogP contribution is 2.09. The standard InChI is InChI=1S/C8H11N3O/c1-4-12-6-7(1)11-8-5-9-2-3-10-8/h2-3,5,7H,1,4,6H2,(H,10,11). The zero-order valence-corrected chi connectivity index (χ0v) is 6.73. The minimum Gasteiger partial charge on any atom is -0.379 e.